The molecule has 1 heterocycles. The molecule has 26 heavy (non-hydrogen) atoms. The number of hydrogen-bond donors (Lipinski definition) is 1. The third-order valence-corrected chi connectivity index (χ3v) is 5.08. The fourth-order valence-corrected chi connectivity index (χ4v) is 3.24. The topological polar surface area (TPSA) is 72.7 Å². The average Bonchev–Trinajstić information content (AvgIpc) is 3.07. The van der Waals surface area contributed by atoms with E-state index in [1.807, 2.05) is 19.1 Å². The highest BCUT2D eigenvalue weighted by molar-refractivity contribution is 7.99. The zero-order valence-electron chi connectivity index (χ0n) is 16.3. The van der Waals surface area contributed by atoms with Gasteiger partial charge in [0.1, 0.15) is 0 Å². The molecule has 142 valence electrons. The minimum absolute atomic E-state index is 0.0101. The molecule has 0 saturated carbocycles. The standard InChI is InChI=1S/C19H29N5OS/c1-13(2)6-7-15(5)20-18(25)12-26-19-21-22-23-24(19)17-10-8-16(9-11-17)14(3)4/h8-11,13-15H,6-7,12H2,1-5H3,(H,20,25)/t15-/m1/s1. The largest absolute Gasteiger partial charge is 0.353 e. The van der Waals surface area contributed by atoms with Gasteiger partial charge < -0.3 is 5.32 Å². The van der Waals surface area contributed by atoms with E-state index in [0.717, 1.165) is 18.5 Å². The monoisotopic (exact) mass is 375 g/mol. The van der Waals surface area contributed by atoms with Crippen molar-refractivity contribution in [1.82, 2.24) is 25.5 Å². The predicted octanol–water partition coefficient (Wildman–Crippen LogP) is 3.82. The number of carbonyl (C=O) groups is 1. The molecule has 2 aromatic rings. The fourth-order valence-electron chi connectivity index (χ4n) is 2.53. The van der Waals surface area contributed by atoms with Gasteiger partial charge in [-0.05, 0) is 59.7 Å². The van der Waals surface area contributed by atoms with Crippen LogP contribution in [0.15, 0.2) is 29.4 Å². The number of carbonyl (C=O) groups excluding carboxylic acids is 1. The number of thioether (sulfide) groups is 1. The maximum atomic E-state index is 12.2. The van der Waals surface area contributed by atoms with Crippen LogP contribution in [0.1, 0.15) is 58.9 Å². The highest BCUT2D eigenvalue weighted by Crippen LogP contribution is 2.20. The number of nitrogens with zero attached hydrogens (tertiary/aromatic N) is 4. The van der Waals surface area contributed by atoms with Crippen molar-refractivity contribution in [3.63, 3.8) is 0 Å². The maximum Gasteiger partial charge on any atom is 0.230 e. The van der Waals surface area contributed by atoms with E-state index in [0.29, 0.717) is 22.7 Å². The van der Waals surface area contributed by atoms with E-state index < -0.39 is 0 Å². The molecular formula is C19H29N5OS. The van der Waals surface area contributed by atoms with Gasteiger partial charge in [0.2, 0.25) is 11.1 Å². The fraction of sp³-hybridized carbons (Fsp3) is 0.579. The number of nitrogens with one attached hydrogen (secondary N) is 1. The first-order chi connectivity index (χ1) is 12.4. The zero-order chi connectivity index (χ0) is 19.1. The van der Waals surface area contributed by atoms with E-state index >= 15 is 0 Å². The number of rotatable bonds is 9. The van der Waals surface area contributed by atoms with Gasteiger partial charge in [-0.2, -0.15) is 4.68 Å². The highest BCUT2D eigenvalue weighted by Gasteiger charge is 2.13. The van der Waals surface area contributed by atoms with Gasteiger partial charge in [0.25, 0.3) is 0 Å². The Balaban J connectivity index is 1.91. The molecule has 7 heteroatoms. The third-order valence-electron chi connectivity index (χ3n) is 4.16. The molecule has 0 radical (unpaired) electrons. The number of benzene rings is 1. The van der Waals surface area contributed by atoms with E-state index in [1.165, 1.54) is 17.3 Å². The summed E-state index contributed by atoms with van der Waals surface area (Å²) in [5.74, 6) is 1.44. The minimum atomic E-state index is 0.0101. The van der Waals surface area contributed by atoms with Crippen LogP contribution in [-0.4, -0.2) is 37.9 Å². The molecule has 0 aliphatic carbocycles. The summed E-state index contributed by atoms with van der Waals surface area (Å²) in [6.07, 6.45) is 2.10. The van der Waals surface area contributed by atoms with Crippen molar-refractivity contribution in [2.24, 2.45) is 5.92 Å². The second-order valence-corrected chi connectivity index (χ2v) is 8.29. The smallest absolute Gasteiger partial charge is 0.230 e. The normalized spacial score (nSPS) is 12.6. The Morgan fingerprint density at radius 2 is 1.81 bits per heavy atom. The molecule has 0 spiro atoms. The summed E-state index contributed by atoms with van der Waals surface area (Å²) >= 11 is 1.35. The maximum absolute atomic E-state index is 12.2. The van der Waals surface area contributed by atoms with Gasteiger partial charge in [-0.3, -0.25) is 4.79 Å². The Kier molecular flexibility index (Phi) is 7.63. The molecule has 0 bridgehead atoms. The number of amides is 1. The van der Waals surface area contributed by atoms with E-state index in [2.05, 4.69) is 60.7 Å². The molecule has 6 nitrogen and oxygen atoms in total. The molecule has 0 unspecified atom stereocenters. The number of aromatic nitrogens is 4. The van der Waals surface area contributed by atoms with Crippen molar-refractivity contribution < 1.29 is 4.79 Å². The van der Waals surface area contributed by atoms with Crippen LogP contribution in [0.4, 0.5) is 0 Å². The molecule has 1 amide bonds. The second-order valence-electron chi connectivity index (χ2n) is 7.35. The summed E-state index contributed by atoms with van der Waals surface area (Å²) in [5.41, 5.74) is 2.17. The van der Waals surface area contributed by atoms with E-state index in [9.17, 15) is 4.79 Å². The summed E-state index contributed by atoms with van der Waals surface area (Å²) in [6, 6.07) is 8.36. The highest BCUT2D eigenvalue weighted by atomic mass is 32.2. The first kappa shape index (κ1) is 20.4. The molecule has 0 aliphatic heterocycles. The Morgan fingerprint density at radius 3 is 2.42 bits per heavy atom. The van der Waals surface area contributed by atoms with Crippen molar-refractivity contribution in [1.29, 1.82) is 0 Å². The van der Waals surface area contributed by atoms with Crippen molar-refractivity contribution >= 4 is 17.7 Å². The lowest BCUT2D eigenvalue weighted by Crippen LogP contribution is -2.34. The lowest BCUT2D eigenvalue weighted by Gasteiger charge is -2.14. The summed E-state index contributed by atoms with van der Waals surface area (Å²) in [6.45, 7) is 10.8. The zero-order valence-corrected chi connectivity index (χ0v) is 17.1. The average molecular weight is 376 g/mol. The Morgan fingerprint density at radius 1 is 1.12 bits per heavy atom. The second kappa shape index (κ2) is 9.71. The lowest BCUT2D eigenvalue weighted by atomic mass is 10.0. The van der Waals surface area contributed by atoms with Crippen LogP contribution >= 0.6 is 11.8 Å². The van der Waals surface area contributed by atoms with Crippen molar-refractivity contribution in [3.05, 3.63) is 29.8 Å². The van der Waals surface area contributed by atoms with Crippen LogP contribution in [0, 0.1) is 5.92 Å². The molecule has 0 aliphatic rings. The van der Waals surface area contributed by atoms with E-state index in [1.54, 1.807) is 4.68 Å². The van der Waals surface area contributed by atoms with Crippen LogP contribution in [0.3, 0.4) is 0 Å². The van der Waals surface area contributed by atoms with Gasteiger partial charge in [0.05, 0.1) is 11.4 Å². The first-order valence-electron chi connectivity index (χ1n) is 9.17. The number of tetrazole rings is 1. The van der Waals surface area contributed by atoms with Crippen LogP contribution in [0.25, 0.3) is 5.69 Å². The predicted molar refractivity (Wildman–Crippen MR) is 106 cm³/mol. The summed E-state index contributed by atoms with van der Waals surface area (Å²) < 4.78 is 1.67. The SMILES string of the molecule is CC(C)CC[C@@H](C)NC(=O)CSc1nnnn1-c1ccc(C(C)C)cc1. The summed E-state index contributed by atoms with van der Waals surface area (Å²) in [4.78, 5) is 12.2. The van der Waals surface area contributed by atoms with Gasteiger partial charge in [0.15, 0.2) is 0 Å². The van der Waals surface area contributed by atoms with Gasteiger partial charge in [-0.1, -0.05) is 51.6 Å². The summed E-state index contributed by atoms with van der Waals surface area (Å²) in [5, 5.41) is 15.5. The van der Waals surface area contributed by atoms with Gasteiger partial charge in [-0.15, -0.1) is 5.10 Å². The quantitative estimate of drug-likeness (QED) is 0.675. The molecule has 1 N–H and O–H groups in total. The van der Waals surface area contributed by atoms with Crippen LogP contribution in [-0.2, 0) is 4.79 Å². The number of hydrogen-bond acceptors (Lipinski definition) is 5. The first-order valence-corrected chi connectivity index (χ1v) is 10.2. The molecule has 2 rings (SSSR count). The Bertz CT molecular complexity index is 696. The molecule has 1 aromatic carbocycles. The molecule has 1 aromatic heterocycles. The lowest BCUT2D eigenvalue weighted by molar-refractivity contribution is -0.119. The van der Waals surface area contributed by atoms with E-state index in [-0.39, 0.29) is 11.9 Å². The third kappa shape index (κ3) is 6.12. The van der Waals surface area contributed by atoms with E-state index in [4.69, 9.17) is 0 Å². The minimum Gasteiger partial charge on any atom is -0.353 e. The molecule has 0 fully saturated rings. The van der Waals surface area contributed by atoms with Crippen LogP contribution in [0.2, 0.25) is 0 Å². The van der Waals surface area contributed by atoms with Gasteiger partial charge in [0, 0.05) is 6.04 Å². The summed E-state index contributed by atoms with van der Waals surface area (Å²) in [7, 11) is 0. The Labute approximate surface area is 160 Å². The Hall–Kier alpha value is -1.89. The van der Waals surface area contributed by atoms with Crippen molar-refractivity contribution in [3.8, 4) is 5.69 Å². The van der Waals surface area contributed by atoms with Crippen molar-refractivity contribution in [2.75, 3.05) is 5.75 Å². The van der Waals surface area contributed by atoms with Crippen molar-refractivity contribution in [2.45, 2.75) is 64.6 Å². The van der Waals surface area contributed by atoms with Crippen LogP contribution < -0.4 is 5.32 Å². The van der Waals surface area contributed by atoms with Gasteiger partial charge in [-0.25, -0.2) is 0 Å². The molecule has 0 saturated heterocycles. The van der Waals surface area contributed by atoms with Crippen LogP contribution in [0.5, 0.6) is 0 Å². The van der Waals surface area contributed by atoms with Gasteiger partial charge >= 0.3 is 0 Å². The molecular weight excluding hydrogens is 346 g/mol. The molecule has 1 atom stereocenters.